The summed E-state index contributed by atoms with van der Waals surface area (Å²) in [5, 5.41) is 26.4. The van der Waals surface area contributed by atoms with Crippen LogP contribution >= 0.6 is 11.6 Å². The minimum atomic E-state index is -1.25. The lowest BCUT2D eigenvalue weighted by atomic mass is 10.2. The summed E-state index contributed by atoms with van der Waals surface area (Å²) < 4.78 is 0. The van der Waals surface area contributed by atoms with Crippen molar-refractivity contribution in [3.63, 3.8) is 0 Å². The van der Waals surface area contributed by atoms with E-state index in [1.54, 1.807) is 12.1 Å². The second-order valence-corrected chi connectivity index (χ2v) is 4.32. The molecule has 0 fully saturated rings. The fourth-order valence-electron chi connectivity index (χ4n) is 1.47. The molecule has 0 saturated carbocycles. The zero-order chi connectivity index (χ0) is 14.7. The number of phenols is 1. The van der Waals surface area contributed by atoms with Gasteiger partial charge >= 0.3 is 5.97 Å². The fourth-order valence-corrected chi connectivity index (χ4v) is 1.70. The molecule has 0 amide bonds. The lowest BCUT2D eigenvalue weighted by Crippen LogP contribution is -1.95. The summed E-state index contributed by atoms with van der Waals surface area (Å²) in [6.07, 6.45) is 0. The van der Waals surface area contributed by atoms with E-state index in [0.29, 0.717) is 16.4 Å². The third kappa shape index (κ3) is 3.04. The summed E-state index contributed by atoms with van der Waals surface area (Å²) in [6, 6.07) is 8.65. The van der Waals surface area contributed by atoms with Crippen LogP contribution in [0.15, 0.2) is 46.6 Å². The molecule has 0 heterocycles. The number of anilines is 1. The zero-order valence-electron chi connectivity index (χ0n) is 10.1. The number of carbonyl (C=O) groups is 1. The van der Waals surface area contributed by atoms with Crippen LogP contribution in [0, 0.1) is 0 Å². The first kappa shape index (κ1) is 13.8. The van der Waals surface area contributed by atoms with Crippen molar-refractivity contribution in [2.45, 2.75) is 0 Å². The number of carboxylic acid groups (broad SMARTS) is 1. The summed E-state index contributed by atoms with van der Waals surface area (Å²) in [5.41, 5.74) is 6.51. The molecule has 0 saturated heterocycles. The average molecular weight is 292 g/mol. The molecule has 0 radical (unpaired) electrons. The van der Waals surface area contributed by atoms with Gasteiger partial charge < -0.3 is 15.9 Å². The van der Waals surface area contributed by atoms with Gasteiger partial charge in [-0.2, -0.15) is 5.11 Å². The first-order valence-corrected chi connectivity index (χ1v) is 5.88. The number of aromatic carboxylic acids is 1. The number of hydrogen-bond donors (Lipinski definition) is 3. The fraction of sp³-hybridized carbons (Fsp3) is 0. The highest BCUT2D eigenvalue weighted by Crippen LogP contribution is 2.29. The number of benzene rings is 2. The van der Waals surface area contributed by atoms with Gasteiger partial charge in [0.1, 0.15) is 17.0 Å². The molecule has 4 N–H and O–H groups in total. The highest BCUT2D eigenvalue weighted by molar-refractivity contribution is 6.33. The molecule has 102 valence electrons. The Hall–Kier alpha value is -2.60. The number of halogens is 1. The van der Waals surface area contributed by atoms with Crippen molar-refractivity contribution in [3.8, 4) is 5.75 Å². The van der Waals surface area contributed by atoms with Crippen LogP contribution in [0.1, 0.15) is 10.4 Å². The molecule has 0 bridgehead atoms. The SMILES string of the molecule is Nc1ccc(N=Nc2ccc(O)c(C(=O)O)c2)c(Cl)c1. The summed E-state index contributed by atoms with van der Waals surface area (Å²) in [6.45, 7) is 0. The third-order valence-corrected chi connectivity index (χ3v) is 2.76. The molecule has 0 unspecified atom stereocenters. The van der Waals surface area contributed by atoms with E-state index in [1.165, 1.54) is 24.3 Å². The normalized spacial score (nSPS) is 10.8. The summed E-state index contributed by atoms with van der Waals surface area (Å²) in [7, 11) is 0. The Morgan fingerprint density at radius 1 is 1.15 bits per heavy atom. The number of nitrogen functional groups attached to an aromatic ring is 1. The van der Waals surface area contributed by atoms with Gasteiger partial charge in [-0.1, -0.05) is 11.6 Å². The maximum absolute atomic E-state index is 10.9. The number of nitrogens with zero attached hydrogens (tertiary/aromatic N) is 2. The Morgan fingerprint density at radius 2 is 1.90 bits per heavy atom. The summed E-state index contributed by atoms with van der Waals surface area (Å²) in [4.78, 5) is 10.9. The zero-order valence-corrected chi connectivity index (χ0v) is 10.9. The van der Waals surface area contributed by atoms with Crippen LogP contribution in [0.2, 0.25) is 5.02 Å². The third-order valence-electron chi connectivity index (χ3n) is 2.46. The summed E-state index contributed by atoms with van der Waals surface area (Å²) >= 11 is 5.93. The van der Waals surface area contributed by atoms with Gasteiger partial charge in [0, 0.05) is 5.69 Å². The van der Waals surface area contributed by atoms with E-state index >= 15 is 0 Å². The Labute approximate surface area is 119 Å². The van der Waals surface area contributed by atoms with Crippen LogP contribution in [-0.4, -0.2) is 16.2 Å². The van der Waals surface area contributed by atoms with Crippen LogP contribution in [-0.2, 0) is 0 Å². The van der Waals surface area contributed by atoms with Gasteiger partial charge in [0.05, 0.1) is 10.7 Å². The molecule has 7 heteroatoms. The minimum Gasteiger partial charge on any atom is -0.507 e. The predicted molar refractivity (Wildman–Crippen MR) is 75.1 cm³/mol. The Kier molecular flexibility index (Phi) is 3.86. The number of nitrogens with two attached hydrogens (primary N) is 1. The molecule has 2 rings (SSSR count). The van der Waals surface area contributed by atoms with E-state index in [-0.39, 0.29) is 17.0 Å². The van der Waals surface area contributed by atoms with E-state index in [2.05, 4.69) is 10.2 Å². The minimum absolute atomic E-state index is 0.246. The van der Waals surface area contributed by atoms with E-state index < -0.39 is 5.97 Å². The number of aromatic hydroxyl groups is 1. The van der Waals surface area contributed by atoms with Crippen molar-refractivity contribution < 1.29 is 15.0 Å². The Bertz CT molecular complexity index is 701. The molecule has 2 aromatic carbocycles. The topological polar surface area (TPSA) is 108 Å². The van der Waals surface area contributed by atoms with E-state index in [9.17, 15) is 9.90 Å². The number of azo groups is 1. The molecule has 0 aromatic heterocycles. The standard InChI is InChI=1S/C13H10ClN3O3/c14-10-5-7(15)1-3-11(10)17-16-8-2-4-12(18)9(6-8)13(19)20/h1-6,18H,15H2,(H,19,20). The van der Waals surface area contributed by atoms with E-state index in [1.807, 2.05) is 0 Å². The Balaban J connectivity index is 2.32. The van der Waals surface area contributed by atoms with E-state index in [4.69, 9.17) is 22.4 Å². The van der Waals surface area contributed by atoms with Crippen LogP contribution in [0.25, 0.3) is 0 Å². The monoisotopic (exact) mass is 291 g/mol. The molecule has 6 nitrogen and oxygen atoms in total. The second kappa shape index (κ2) is 5.58. The maximum atomic E-state index is 10.9. The second-order valence-electron chi connectivity index (χ2n) is 3.92. The molecule has 0 aliphatic rings. The highest BCUT2D eigenvalue weighted by Gasteiger charge is 2.10. The van der Waals surface area contributed by atoms with Gasteiger partial charge in [0.25, 0.3) is 0 Å². The molecule has 0 spiro atoms. The van der Waals surface area contributed by atoms with Gasteiger partial charge in [-0.05, 0) is 36.4 Å². The molecule has 0 aliphatic carbocycles. The highest BCUT2D eigenvalue weighted by atomic mass is 35.5. The van der Waals surface area contributed by atoms with Crippen molar-refractivity contribution in [2.75, 3.05) is 5.73 Å². The number of carboxylic acids is 1. The molecule has 0 aliphatic heterocycles. The average Bonchev–Trinajstić information content (AvgIpc) is 2.39. The molecule has 2 aromatic rings. The predicted octanol–water partition coefficient (Wildman–Crippen LogP) is 3.74. The van der Waals surface area contributed by atoms with Crippen LogP contribution in [0.4, 0.5) is 17.1 Å². The first-order valence-electron chi connectivity index (χ1n) is 5.50. The van der Waals surface area contributed by atoms with Crippen LogP contribution in [0.3, 0.4) is 0 Å². The lowest BCUT2D eigenvalue weighted by Gasteiger charge is -2.01. The molecule has 20 heavy (non-hydrogen) atoms. The van der Waals surface area contributed by atoms with Gasteiger partial charge in [-0.15, -0.1) is 5.11 Å². The van der Waals surface area contributed by atoms with Crippen molar-refractivity contribution in [2.24, 2.45) is 10.2 Å². The van der Waals surface area contributed by atoms with Gasteiger partial charge in [0.2, 0.25) is 0 Å². The molecule has 0 atom stereocenters. The van der Waals surface area contributed by atoms with Gasteiger partial charge in [-0.25, -0.2) is 4.79 Å². The van der Waals surface area contributed by atoms with Crippen molar-refractivity contribution >= 4 is 34.6 Å². The van der Waals surface area contributed by atoms with Crippen LogP contribution in [0.5, 0.6) is 5.75 Å². The summed E-state index contributed by atoms with van der Waals surface area (Å²) in [5.74, 6) is -1.58. The largest absolute Gasteiger partial charge is 0.507 e. The Morgan fingerprint density at radius 3 is 2.55 bits per heavy atom. The molecular weight excluding hydrogens is 282 g/mol. The number of rotatable bonds is 3. The van der Waals surface area contributed by atoms with Crippen molar-refractivity contribution in [1.82, 2.24) is 0 Å². The van der Waals surface area contributed by atoms with Crippen molar-refractivity contribution in [3.05, 3.63) is 47.0 Å². The quantitative estimate of drug-likeness (QED) is 0.591. The van der Waals surface area contributed by atoms with Gasteiger partial charge in [0.15, 0.2) is 0 Å². The molecular formula is C13H10ClN3O3. The first-order chi connectivity index (χ1) is 9.47. The van der Waals surface area contributed by atoms with Gasteiger partial charge in [-0.3, -0.25) is 0 Å². The lowest BCUT2D eigenvalue weighted by molar-refractivity contribution is 0.0694. The number of hydrogen-bond acceptors (Lipinski definition) is 5. The van der Waals surface area contributed by atoms with Crippen LogP contribution < -0.4 is 5.73 Å². The van der Waals surface area contributed by atoms with E-state index in [0.717, 1.165) is 0 Å². The smallest absolute Gasteiger partial charge is 0.339 e. The maximum Gasteiger partial charge on any atom is 0.339 e. The van der Waals surface area contributed by atoms with Crippen molar-refractivity contribution in [1.29, 1.82) is 0 Å².